The molecule has 0 amide bonds. The van der Waals surface area contributed by atoms with Gasteiger partial charge in [0.2, 0.25) is 0 Å². The van der Waals surface area contributed by atoms with Gasteiger partial charge in [-0.15, -0.1) is 0 Å². The van der Waals surface area contributed by atoms with E-state index in [1.807, 2.05) is 0 Å². The van der Waals surface area contributed by atoms with Gasteiger partial charge in [0, 0.05) is 5.92 Å². The second-order valence-corrected chi connectivity index (χ2v) is 6.58. The molecule has 2 aliphatic rings. The summed E-state index contributed by atoms with van der Waals surface area (Å²) in [6, 6.07) is 4.23. The number of halogens is 2. The van der Waals surface area contributed by atoms with E-state index >= 15 is 0 Å². The number of hydrogen-bond acceptors (Lipinski definition) is 3. The number of fused-ring (bicyclic) bond motifs is 1. The smallest absolute Gasteiger partial charge is 0.324 e. The van der Waals surface area contributed by atoms with Crippen molar-refractivity contribution in [2.45, 2.75) is 18.4 Å². The first-order chi connectivity index (χ1) is 10.3. The lowest BCUT2D eigenvalue weighted by atomic mass is 9.78. The zero-order chi connectivity index (χ0) is 16.2. The Bertz CT molecular complexity index is 667. The van der Waals surface area contributed by atoms with Gasteiger partial charge in [0.05, 0.1) is 10.9 Å². The summed E-state index contributed by atoms with van der Waals surface area (Å²) in [4.78, 5) is 22.8. The van der Waals surface area contributed by atoms with Crippen LogP contribution in [0.2, 0.25) is 5.02 Å². The molecule has 118 valence electrons. The molecule has 5 atom stereocenters. The molecule has 0 bridgehead atoms. The third kappa shape index (κ3) is 2.09. The van der Waals surface area contributed by atoms with Gasteiger partial charge in [0.1, 0.15) is 11.4 Å². The third-order valence-electron chi connectivity index (χ3n) is 5.07. The van der Waals surface area contributed by atoms with E-state index in [9.17, 15) is 19.1 Å². The Morgan fingerprint density at radius 1 is 1.41 bits per heavy atom. The summed E-state index contributed by atoms with van der Waals surface area (Å²) in [6.07, 6.45) is 0.779. The van der Waals surface area contributed by atoms with Crippen LogP contribution in [0.3, 0.4) is 0 Å². The highest BCUT2D eigenvalue weighted by Gasteiger charge is 2.73. The second kappa shape index (κ2) is 4.93. The van der Waals surface area contributed by atoms with Crippen molar-refractivity contribution in [1.82, 2.24) is 0 Å². The molecule has 5 nitrogen and oxygen atoms in total. The van der Waals surface area contributed by atoms with Gasteiger partial charge in [-0.2, -0.15) is 0 Å². The van der Waals surface area contributed by atoms with Crippen molar-refractivity contribution >= 4 is 23.5 Å². The van der Waals surface area contributed by atoms with Crippen LogP contribution in [0.25, 0.3) is 0 Å². The number of carboxylic acid groups (broad SMARTS) is 2. The molecular weight excluding hydrogens is 313 g/mol. The molecule has 0 heterocycles. The van der Waals surface area contributed by atoms with Gasteiger partial charge < -0.3 is 15.9 Å². The van der Waals surface area contributed by atoms with E-state index in [0.717, 1.165) is 0 Å². The minimum absolute atomic E-state index is 0.0259. The van der Waals surface area contributed by atoms with Crippen LogP contribution < -0.4 is 5.73 Å². The van der Waals surface area contributed by atoms with Gasteiger partial charge in [0.15, 0.2) is 0 Å². The van der Waals surface area contributed by atoms with Gasteiger partial charge >= 0.3 is 11.9 Å². The van der Waals surface area contributed by atoms with Crippen LogP contribution in [-0.2, 0) is 16.0 Å². The Balaban J connectivity index is 1.84. The van der Waals surface area contributed by atoms with Crippen LogP contribution in [0.4, 0.5) is 4.39 Å². The Kier molecular flexibility index (Phi) is 3.41. The van der Waals surface area contributed by atoms with Crippen LogP contribution in [-0.4, -0.2) is 27.7 Å². The van der Waals surface area contributed by atoms with Crippen molar-refractivity contribution in [2.75, 3.05) is 0 Å². The highest BCUT2D eigenvalue weighted by Crippen LogP contribution is 2.64. The lowest BCUT2D eigenvalue weighted by Gasteiger charge is -2.31. The quantitative estimate of drug-likeness (QED) is 0.782. The summed E-state index contributed by atoms with van der Waals surface area (Å²) in [7, 11) is 0. The molecule has 0 aliphatic heterocycles. The molecule has 3 rings (SSSR count). The largest absolute Gasteiger partial charge is 0.481 e. The summed E-state index contributed by atoms with van der Waals surface area (Å²) in [5.41, 5.74) is 5.24. The fourth-order valence-electron chi connectivity index (χ4n) is 3.97. The van der Waals surface area contributed by atoms with Crippen LogP contribution in [0.5, 0.6) is 0 Å². The molecule has 22 heavy (non-hydrogen) atoms. The van der Waals surface area contributed by atoms with E-state index in [1.165, 1.54) is 12.1 Å². The monoisotopic (exact) mass is 327 g/mol. The molecular formula is C15H15ClFNO4. The Hall–Kier alpha value is -1.66. The van der Waals surface area contributed by atoms with E-state index in [-0.39, 0.29) is 10.9 Å². The van der Waals surface area contributed by atoms with Crippen molar-refractivity contribution in [2.24, 2.45) is 29.4 Å². The predicted molar refractivity (Wildman–Crippen MR) is 75.9 cm³/mol. The Morgan fingerprint density at radius 2 is 2.09 bits per heavy atom. The van der Waals surface area contributed by atoms with Crippen molar-refractivity contribution in [3.8, 4) is 0 Å². The van der Waals surface area contributed by atoms with Gasteiger partial charge in [-0.05, 0) is 42.4 Å². The van der Waals surface area contributed by atoms with Gasteiger partial charge in [0.25, 0.3) is 0 Å². The molecule has 1 aromatic carbocycles. The molecule has 7 heteroatoms. The summed E-state index contributed by atoms with van der Waals surface area (Å²) < 4.78 is 13.2. The lowest BCUT2D eigenvalue weighted by Crippen LogP contribution is -2.55. The summed E-state index contributed by atoms with van der Waals surface area (Å²) >= 11 is 5.73. The average molecular weight is 328 g/mol. The van der Waals surface area contributed by atoms with E-state index in [4.69, 9.17) is 22.4 Å². The number of nitrogens with two attached hydrogens (primary N) is 1. The van der Waals surface area contributed by atoms with Crippen LogP contribution in [0.15, 0.2) is 18.2 Å². The van der Waals surface area contributed by atoms with Crippen molar-refractivity contribution in [3.05, 3.63) is 34.6 Å². The van der Waals surface area contributed by atoms with Crippen molar-refractivity contribution in [3.63, 3.8) is 0 Å². The predicted octanol–water partition coefficient (Wildman–Crippen LogP) is 1.77. The molecule has 2 saturated carbocycles. The Morgan fingerprint density at radius 3 is 2.64 bits per heavy atom. The van der Waals surface area contributed by atoms with Crippen LogP contribution in [0, 0.1) is 29.5 Å². The third-order valence-corrected chi connectivity index (χ3v) is 5.36. The average Bonchev–Trinajstić information content (AvgIpc) is 3.08. The molecule has 2 fully saturated rings. The molecule has 0 spiro atoms. The van der Waals surface area contributed by atoms with E-state index < -0.39 is 41.0 Å². The molecule has 0 radical (unpaired) electrons. The fourth-order valence-corrected chi connectivity index (χ4v) is 4.17. The van der Waals surface area contributed by atoms with Crippen molar-refractivity contribution in [1.29, 1.82) is 0 Å². The molecule has 0 aromatic heterocycles. The van der Waals surface area contributed by atoms with E-state index in [1.54, 1.807) is 6.07 Å². The topological polar surface area (TPSA) is 101 Å². The maximum Gasteiger partial charge on any atom is 0.324 e. The number of carbonyl (C=O) groups is 2. The van der Waals surface area contributed by atoms with E-state index in [0.29, 0.717) is 18.4 Å². The maximum absolute atomic E-state index is 13.2. The SMILES string of the molecule is N[C@@]1(C(=O)O)[C@H](Cc2ccc(F)c(Cl)c2)C[C@H]2[C@H](C(=O)O)[C@H]21. The zero-order valence-electron chi connectivity index (χ0n) is 11.5. The number of carboxylic acids is 2. The summed E-state index contributed by atoms with van der Waals surface area (Å²) in [5, 5.41) is 18.6. The zero-order valence-corrected chi connectivity index (χ0v) is 12.3. The molecule has 0 unspecified atom stereocenters. The van der Waals surface area contributed by atoms with Crippen molar-refractivity contribution < 1.29 is 24.2 Å². The van der Waals surface area contributed by atoms with Gasteiger partial charge in [-0.1, -0.05) is 17.7 Å². The summed E-state index contributed by atoms with van der Waals surface area (Å²) in [6.45, 7) is 0. The number of rotatable bonds is 4. The molecule has 0 saturated heterocycles. The van der Waals surface area contributed by atoms with Gasteiger partial charge in [-0.25, -0.2) is 4.39 Å². The normalized spacial score (nSPS) is 36.0. The van der Waals surface area contributed by atoms with Crippen LogP contribution >= 0.6 is 11.6 Å². The Labute approximate surface area is 130 Å². The number of benzene rings is 1. The first-order valence-electron chi connectivity index (χ1n) is 6.95. The van der Waals surface area contributed by atoms with E-state index in [2.05, 4.69) is 0 Å². The lowest BCUT2D eigenvalue weighted by molar-refractivity contribution is -0.147. The molecule has 2 aliphatic carbocycles. The molecule has 4 N–H and O–H groups in total. The van der Waals surface area contributed by atoms with Gasteiger partial charge in [-0.3, -0.25) is 9.59 Å². The first kappa shape index (κ1) is 15.2. The minimum atomic E-state index is -1.56. The number of aliphatic carboxylic acids is 2. The second-order valence-electron chi connectivity index (χ2n) is 6.18. The first-order valence-corrected chi connectivity index (χ1v) is 7.33. The summed E-state index contributed by atoms with van der Waals surface area (Å²) in [5.74, 6) is -4.51. The van der Waals surface area contributed by atoms with Crippen LogP contribution in [0.1, 0.15) is 12.0 Å². The highest BCUT2D eigenvalue weighted by molar-refractivity contribution is 6.30. The molecule has 1 aromatic rings. The highest BCUT2D eigenvalue weighted by atomic mass is 35.5. The minimum Gasteiger partial charge on any atom is -0.481 e. The standard InChI is InChI=1S/C15H15ClFNO4/c16-9-4-6(1-2-10(9)17)3-7-5-8-11(13(19)20)12(8)15(7,18)14(21)22/h1-2,4,7-8,11-12H,3,5,18H2,(H,19,20)(H,21,22)/t7-,8+,11+,12+,15+/m1/s1. The number of hydrogen-bond donors (Lipinski definition) is 3. The maximum atomic E-state index is 13.2. The fraction of sp³-hybridized carbons (Fsp3) is 0.467.